The topological polar surface area (TPSA) is 0 Å². The van der Waals surface area contributed by atoms with Gasteiger partial charge >= 0.3 is 0 Å². The van der Waals surface area contributed by atoms with Crippen LogP contribution in [0.2, 0.25) is 0 Å². The lowest BCUT2D eigenvalue weighted by molar-refractivity contribution is 1.81. The maximum Gasteiger partial charge on any atom is 0.0355 e. The summed E-state index contributed by atoms with van der Waals surface area (Å²) >= 11 is 3.62. The Kier molecular flexibility index (Phi) is 2.91. The highest BCUT2D eigenvalue weighted by atomic mass is 32.1. The van der Waals surface area contributed by atoms with Crippen molar-refractivity contribution in [3.63, 3.8) is 0 Å². The zero-order valence-corrected chi connectivity index (χ0v) is 12.4. The van der Waals surface area contributed by atoms with Crippen LogP contribution >= 0.6 is 22.7 Å². The lowest BCUT2D eigenvalue weighted by Gasteiger charge is -1.96. The summed E-state index contributed by atoms with van der Waals surface area (Å²) in [5.74, 6) is 0. The fourth-order valence-electron chi connectivity index (χ4n) is 2.38. The molecule has 0 saturated carbocycles. The molecule has 4 rings (SSSR count). The van der Waals surface area contributed by atoms with Gasteiger partial charge in [0.1, 0.15) is 0 Å². The maximum absolute atomic E-state index is 2.29. The molecule has 2 aromatic heterocycles. The van der Waals surface area contributed by atoms with E-state index >= 15 is 0 Å². The van der Waals surface area contributed by atoms with E-state index in [1.165, 1.54) is 30.6 Å². The second-order valence-electron chi connectivity index (χ2n) is 4.73. The van der Waals surface area contributed by atoms with E-state index in [4.69, 9.17) is 0 Å². The average Bonchev–Trinajstić information content (AvgIpc) is 3.11. The van der Waals surface area contributed by atoms with Gasteiger partial charge in [0, 0.05) is 14.5 Å². The Labute approximate surface area is 125 Å². The molecule has 0 bridgehead atoms. The monoisotopic (exact) mass is 292 g/mol. The van der Waals surface area contributed by atoms with Crippen molar-refractivity contribution in [3.8, 4) is 0 Å². The smallest absolute Gasteiger partial charge is 0.0355 e. The van der Waals surface area contributed by atoms with Crippen molar-refractivity contribution < 1.29 is 0 Å². The number of fused-ring (bicyclic) bond motifs is 2. The zero-order chi connectivity index (χ0) is 13.4. The van der Waals surface area contributed by atoms with Gasteiger partial charge in [0.05, 0.1) is 0 Å². The minimum absolute atomic E-state index is 1.30. The molecule has 0 unspecified atom stereocenters. The van der Waals surface area contributed by atoms with Crippen LogP contribution in [0.4, 0.5) is 0 Å². The minimum atomic E-state index is 1.30. The Balaban J connectivity index is 1.80. The van der Waals surface area contributed by atoms with Gasteiger partial charge in [-0.25, -0.2) is 0 Å². The first-order valence-corrected chi connectivity index (χ1v) is 8.22. The normalized spacial score (nSPS) is 11.8. The summed E-state index contributed by atoms with van der Waals surface area (Å²) in [5.41, 5.74) is 0. The van der Waals surface area contributed by atoms with Gasteiger partial charge in [-0.05, 0) is 58.0 Å². The quantitative estimate of drug-likeness (QED) is 0.407. The third-order valence-corrected chi connectivity index (χ3v) is 5.26. The fourth-order valence-corrected chi connectivity index (χ4v) is 4.00. The highest BCUT2D eigenvalue weighted by Crippen LogP contribution is 2.31. The molecule has 0 radical (unpaired) electrons. The predicted molar refractivity (Wildman–Crippen MR) is 92.6 cm³/mol. The van der Waals surface area contributed by atoms with E-state index in [1.807, 2.05) is 11.3 Å². The van der Waals surface area contributed by atoms with Crippen LogP contribution in [0.25, 0.3) is 33.0 Å². The first-order valence-electron chi connectivity index (χ1n) is 6.52. The van der Waals surface area contributed by atoms with Gasteiger partial charge in [-0.1, -0.05) is 30.3 Å². The molecule has 0 aliphatic rings. The van der Waals surface area contributed by atoms with Crippen LogP contribution in [0.3, 0.4) is 0 Å². The molecule has 2 heteroatoms. The average molecular weight is 292 g/mol. The molecular weight excluding hydrogens is 280 g/mol. The van der Waals surface area contributed by atoms with Crippen molar-refractivity contribution in [2.45, 2.75) is 0 Å². The van der Waals surface area contributed by atoms with Gasteiger partial charge in [-0.3, -0.25) is 0 Å². The first kappa shape index (κ1) is 11.9. The Hall–Kier alpha value is -1.90. The van der Waals surface area contributed by atoms with Gasteiger partial charge in [0.15, 0.2) is 0 Å². The van der Waals surface area contributed by atoms with Gasteiger partial charge in [0.2, 0.25) is 0 Å². The molecule has 2 heterocycles. The molecule has 0 atom stereocenters. The molecule has 0 amide bonds. The van der Waals surface area contributed by atoms with E-state index in [9.17, 15) is 0 Å². The summed E-state index contributed by atoms with van der Waals surface area (Å²) < 4.78 is 1.36. The summed E-state index contributed by atoms with van der Waals surface area (Å²) in [6.45, 7) is 0. The zero-order valence-electron chi connectivity index (χ0n) is 10.7. The summed E-state index contributed by atoms with van der Waals surface area (Å²) in [7, 11) is 0. The van der Waals surface area contributed by atoms with E-state index in [0.717, 1.165) is 0 Å². The summed E-state index contributed by atoms with van der Waals surface area (Å²) in [4.78, 5) is 2.61. The van der Waals surface area contributed by atoms with Gasteiger partial charge < -0.3 is 0 Å². The number of rotatable bonds is 2. The van der Waals surface area contributed by atoms with Crippen molar-refractivity contribution in [3.05, 3.63) is 69.7 Å². The Bertz CT molecular complexity index is 843. The molecule has 0 fully saturated rings. The SMILES string of the molecule is C(=C\c1cc2cc3ccccc3cc2s1)/c1cccs1. The van der Waals surface area contributed by atoms with E-state index in [1.54, 1.807) is 11.3 Å². The molecule has 96 valence electrons. The van der Waals surface area contributed by atoms with Crippen molar-refractivity contribution >= 4 is 55.7 Å². The Morgan fingerprint density at radius 1 is 0.700 bits per heavy atom. The molecule has 0 nitrogen and oxygen atoms in total. The number of benzene rings is 2. The fraction of sp³-hybridized carbons (Fsp3) is 0. The van der Waals surface area contributed by atoms with Crippen molar-refractivity contribution in [1.82, 2.24) is 0 Å². The summed E-state index contributed by atoms with van der Waals surface area (Å²) in [6, 6.07) is 19.6. The highest BCUT2D eigenvalue weighted by molar-refractivity contribution is 7.20. The molecule has 4 aromatic rings. The first-order chi connectivity index (χ1) is 9.88. The second-order valence-corrected chi connectivity index (χ2v) is 6.83. The van der Waals surface area contributed by atoms with Gasteiger partial charge in [-0.15, -0.1) is 22.7 Å². The maximum atomic E-state index is 2.29. The van der Waals surface area contributed by atoms with Crippen LogP contribution in [-0.2, 0) is 0 Å². The molecule has 0 spiro atoms. The van der Waals surface area contributed by atoms with E-state index in [2.05, 4.69) is 72.1 Å². The number of hydrogen-bond donors (Lipinski definition) is 0. The Morgan fingerprint density at radius 3 is 2.30 bits per heavy atom. The largest absolute Gasteiger partial charge is 0.144 e. The Morgan fingerprint density at radius 2 is 1.50 bits per heavy atom. The van der Waals surface area contributed by atoms with Crippen LogP contribution in [0.1, 0.15) is 9.75 Å². The summed E-state index contributed by atoms with van der Waals surface area (Å²) in [5, 5.41) is 6.07. The van der Waals surface area contributed by atoms with E-state index in [0.29, 0.717) is 0 Å². The second kappa shape index (κ2) is 4.89. The van der Waals surface area contributed by atoms with Crippen molar-refractivity contribution in [2.75, 3.05) is 0 Å². The van der Waals surface area contributed by atoms with Crippen LogP contribution in [-0.4, -0.2) is 0 Å². The lowest BCUT2D eigenvalue weighted by atomic mass is 10.1. The molecule has 0 N–H and O–H groups in total. The molecular formula is C18H12S2. The van der Waals surface area contributed by atoms with Crippen LogP contribution in [0.15, 0.2) is 60.0 Å². The van der Waals surface area contributed by atoms with E-state index < -0.39 is 0 Å². The molecule has 20 heavy (non-hydrogen) atoms. The van der Waals surface area contributed by atoms with Gasteiger partial charge in [0.25, 0.3) is 0 Å². The lowest BCUT2D eigenvalue weighted by Crippen LogP contribution is -1.70. The van der Waals surface area contributed by atoms with Crippen molar-refractivity contribution in [1.29, 1.82) is 0 Å². The molecule has 0 aliphatic heterocycles. The van der Waals surface area contributed by atoms with Crippen molar-refractivity contribution in [2.24, 2.45) is 0 Å². The third kappa shape index (κ3) is 2.17. The van der Waals surface area contributed by atoms with Crippen LogP contribution in [0, 0.1) is 0 Å². The molecule has 0 saturated heterocycles. The predicted octanol–water partition coefficient (Wildman–Crippen LogP) is 6.29. The highest BCUT2D eigenvalue weighted by Gasteiger charge is 2.02. The summed E-state index contributed by atoms with van der Waals surface area (Å²) in [6.07, 6.45) is 4.40. The molecule has 2 aromatic carbocycles. The molecule has 0 aliphatic carbocycles. The van der Waals surface area contributed by atoms with E-state index in [-0.39, 0.29) is 0 Å². The van der Waals surface area contributed by atoms with Crippen LogP contribution < -0.4 is 0 Å². The number of thiophene rings is 2. The standard InChI is InChI=1S/C18H12S2/c1-2-5-14-12-18-15(10-13(14)4-1)11-17(20-18)8-7-16-6-3-9-19-16/h1-12H/b8-7+. The minimum Gasteiger partial charge on any atom is -0.144 e. The van der Waals surface area contributed by atoms with Gasteiger partial charge in [-0.2, -0.15) is 0 Å². The van der Waals surface area contributed by atoms with Crippen LogP contribution in [0.5, 0.6) is 0 Å². The number of hydrogen-bond acceptors (Lipinski definition) is 2. The third-order valence-electron chi connectivity index (χ3n) is 3.36.